The third-order valence-corrected chi connectivity index (χ3v) is 2.61. The van der Waals surface area contributed by atoms with Crippen LogP contribution in [0.15, 0.2) is 22.5 Å². The highest BCUT2D eigenvalue weighted by atomic mass is 35.5. The first-order valence-corrected chi connectivity index (χ1v) is 4.64. The molecule has 1 fully saturated rings. The van der Waals surface area contributed by atoms with Gasteiger partial charge in [0.1, 0.15) is 11.4 Å². The quantitative estimate of drug-likeness (QED) is 0.708. The highest BCUT2D eigenvalue weighted by molar-refractivity contribution is 6.33. The van der Waals surface area contributed by atoms with Gasteiger partial charge >= 0.3 is 0 Å². The molecule has 0 heterocycles. The first kappa shape index (κ1) is 9.27. The highest BCUT2D eigenvalue weighted by Crippen LogP contribution is 2.47. The van der Waals surface area contributed by atoms with E-state index in [-0.39, 0.29) is 16.4 Å². The molecule has 1 aromatic carbocycles. The molecule has 0 atom stereocenters. The topological polar surface area (TPSA) is 58.9 Å². The molecule has 0 amide bonds. The van der Waals surface area contributed by atoms with E-state index in [1.807, 2.05) is 0 Å². The van der Waals surface area contributed by atoms with E-state index in [0.717, 1.165) is 18.4 Å². The van der Waals surface area contributed by atoms with E-state index >= 15 is 0 Å². The Hall–Kier alpha value is -1.29. The second-order valence-corrected chi connectivity index (χ2v) is 3.73. The second-order valence-electron chi connectivity index (χ2n) is 3.32. The van der Waals surface area contributed by atoms with Crippen LogP contribution in [0.25, 0.3) is 0 Å². The van der Waals surface area contributed by atoms with Crippen LogP contribution in [-0.4, -0.2) is 0 Å². The van der Waals surface area contributed by atoms with Crippen LogP contribution in [0, 0.1) is 9.81 Å². The minimum atomic E-state index is 0.0747. The molecule has 2 rings (SSSR count). The van der Waals surface area contributed by atoms with Gasteiger partial charge in [0.25, 0.3) is 0 Å². The van der Waals surface area contributed by atoms with Crippen LogP contribution in [0.5, 0.6) is 0 Å². The smallest absolute Gasteiger partial charge is 0.128 e. The van der Waals surface area contributed by atoms with Crippen LogP contribution >= 0.6 is 11.6 Å². The van der Waals surface area contributed by atoms with Crippen LogP contribution in [-0.2, 0) is 0 Å². The normalized spacial score (nSPS) is 15.2. The van der Waals surface area contributed by atoms with E-state index in [9.17, 15) is 9.81 Å². The standard InChI is InChI=1S/C9H7ClN2O2/c10-7-3-6(5-1-2-5)8(11-13)4-9(7)12-14/h3-5H,1-2H2. The SMILES string of the molecule is O=Nc1cc(N=O)c(C2CC2)cc1Cl. The Bertz CT molecular complexity index is 402. The second kappa shape index (κ2) is 3.46. The molecule has 1 saturated carbocycles. The predicted octanol–water partition coefficient (Wildman–Crippen LogP) is 4.01. The molecule has 1 aliphatic carbocycles. The third-order valence-electron chi connectivity index (χ3n) is 2.31. The lowest BCUT2D eigenvalue weighted by atomic mass is 10.1. The van der Waals surface area contributed by atoms with Gasteiger partial charge < -0.3 is 0 Å². The Kier molecular flexibility index (Phi) is 2.29. The summed E-state index contributed by atoms with van der Waals surface area (Å²) >= 11 is 5.79. The van der Waals surface area contributed by atoms with E-state index in [1.54, 1.807) is 6.07 Å². The summed E-state index contributed by atoms with van der Waals surface area (Å²) in [6.45, 7) is 0. The summed E-state index contributed by atoms with van der Waals surface area (Å²) in [6, 6.07) is 2.96. The fraction of sp³-hybridized carbons (Fsp3) is 0.333. The summed E-state index contributed by atoms with van der Waals surface area (Å²) in [5.74, 6) is 0.376. The van der Waals surface area contributed by atoms with Crippen LogP contribution < -0.4 is 0 Å². The molecule has 72 valence electrons. The van der Waals surface area contributed by atoms with Crippen molar-refractivity contribution >= 4 is 23.0 Å². The fourth-order valence-electron chi connectivity index (χ4n) is 1.44. The lowest BCUT2D eigenvalue weighted by molar-refractivity contribution is 1.12. The molecule has 0 aliphatic heterocycles. The summed E-state index contributed by atoms with van der Waals surface area (Å²) in [4.78, 5) is 20.8. The first-order chi connectivity index (χ1) is 6.76. The molecule has 0 saturated heterocycles. The molecule has 0 unspecified atom stereocenters. The lowest BCUT2D eigenvalue weighted by Gasteiger charge is -2.03. The minimum Gasteiger partial charge on any atom is -0.145 e. The van der Waals surface area contributed by atoms with Crippen molar-refractivity contribution < 1.29 is 0 Å². The lowest BCUT2D eigenvalue weighted by Crippen LogP contribution is -1.81. The summed E-state index contributed by atoms with van der Waals surface area (Å²) in [5, 5.41) is 5.88. The van der Waals surface area contributed by atoms with E-state index in [2.05, 4.69) is 10.4 Å². The van der Waals surface area contributed by atoms with Gasteiger partial charge in [0.15, 0.2) is 0 Å². The van der Waals surface area contributed by atoms with E-state index in [0.29, 0.717) is 5.92 Å². The number of hydrogen-bond acceptors (Lipinski definition) is 4. The van der Waals surface area contributed by atoms with Crippen molar-refractivity contribution in [3.8, 4) is 0 Å². The summed E-state index contributed by atoms with van der Waals surface area (Å²) in [5.41, 5.74) is 1.19. The number of halogens is 1. The summed E-state index contributed by atoms with van der Waals surface area (Å²) < 4.78 is 0. The van der Waals surface area contributed by atoms with E-state index in [4.69, 9.17) is 11.6 Å². The van der Waals surface area contributed by atoms with Crippen molar-refractivity contribution in [3.63, 3.8) is 0 Å². The molecule has 1 aromatic rings. The Balaban J connectivity index is 2.53. The van der Waals surface area contributed by atoms with Crippen molar-refractivity contribution in [2.24, 2.45) is 10.4 Å². The van der Waals surface area contributed by atoms with Gasteiger partial charge in [-0.25, -0.2) is 0 Å². The van der Waals surface area contributed by atoms with Gasteiger partial charge in [0, 0.05) is 0 Å². The molecule has 1 aliphatic rings. The first-order valence-electron chi connectivity index (χ1n) is 4.26. The zero-order chi connectivity index (χ0) is 10.1. The maximum atomic E-state index is 10.5. The zero-order valence-corrected chi connectivity index (χ0v) is 7.99. The van der Waals surface area contributed by atoms with Crippen LogP contribution in [0.4, 0.5) is 11.4 Å². The number of hydrogen-bond donors (Lipinski definition) is 0. The average molecular weight is 211 g/mol. The summed E-state index contributed by atoms with van der Waals surface area (Å²) in [6.07, 6.45) is 2.10. The summed E-state index contributed by atoms with van der Waals surface area (Å²) in [7, 11) is 0. The van der Waals surface area contributed by atoms with Crippen molar-refractivity contribution in [2.45, 2.75) is 18.8 Å². The molecule has 0 aromatic heterocycles. The zero-order valence-electron chi connectivity index (χ0n) is 7.24. The maximum Gasteiger partial charge on any atom is 0.128 e. The highest BCUT2D eigenvalue weighted by Gasteiger charge is 2.27. The number of nitrogens with zero attached hydrogens (tertiary/aromatic N) is 2. The Morgan fingerprint density at radius 1 is 1.14 bits per heavy atom. The Morgan fingerprint density at radius 3 is 2.29 bits per heavy atom. The average Bonchev–Trinajstić information content (AvgIpc) is 3.00. The van der Waals surface area contributed by atoms with Gasteiger partial charge in [-0.15, -0.1) is 9.81 Å². The monoisotopic (exact) mass is 210 g/mol. The Morgan fingerprint density at radius 2 is 1.79 bits per heavy atom. The van der Waals surface area contributed by atoms with Crippen molar-refractivity contribution in [2.75, 3.05) is 0 Å². The molecule has 4 nitrogen and oxygen atoms in total. The molecule has 14 heavy (non-hydrogen) atoms. The molecule has 0 radical (unpaired) electrons. The van der Waals surface area contributed by atoms with Crippen molar-refractivity contribution in [1.29, 1.82) is 0 Å². The largest absolute Gasteiger partial charge is 0.145 e. The van der Waals surface area contributed by atoms with E-state index in [1.165, 1.54) is 6.07 Å². The van der Waals surface area contributed by atoms with E-state index < -0.39 is 0 Å². The minimum absolute atomic E-state index is 0.0747. The van der Waals surface area contributed by atoms with Gasteiger partial charge in [-0.3, -0.25) is 0 Å². The number of nitroso groups, excluding NO2 is 2. The van der Waals surface area contributed by atoms with Gasteiger partial charge in [0.2, 0.25) is 0 Å². The van der Waals surface area contributed by atoms with Gasteiger partial charge in [0.05, 0.1) is 5.02 Å². The number of rotatable bonds is 3. The molecule has 5 heteroatoms. The van der Waals surface area contributed by atoms with Crippen LogP contribution in [0.3, 0.4) is 0 Å². The third kappa shape index (κ3) is 1.53. The fourth-order valence-corrected chi connectivity index (χ4v) is 1.64. The molecule has 0 N–H and O–H groups in total. The molecular weight excluding hydrogens is 204 g/mol. The predicted molar refractivity (Wildman–Crippen MR) is 54.3 cm³/mol. The van der Waals surface area contributed by atoms with Gasteiger partial charge in [-0.05, 0) is 46.8 Å². The Labute approximate surface area is 85.2 Å². The van der Waals surface area contributed by atoms with Gasteiger partial charge in [-0.2, -0.15) is 0 Å². The molecule has 0 spiro atoms. The maximum absolute atomic E-state index is 10.5. The van der Waals surface area contributed by atoms with Gasteiger partial charge in [-0.1, -0.05) is 11.6 Å². The van der Waals surface area contributed by atoms with Crippen LogP contribution in [0.2, 0.25) is 5.02 Å². The molecule has 0 bridgehead atoms. The van der Waals surface area contributed by atoms with Crippen LogP contribution in [0.1, 0.15) is 24.3 Å². The number of benzene rings is 1. The van der Waals surface area contributed by atoms with Crippen molar-refractivity contribution in [1.82, 2.24) is 0 Å². The molecular formula is C9H7ClN2O2. The van der Waals surface area contributed by atoms with Crippen molar-refractivity contribution in [3.05, 3.63) is 32.5 Å².